The first kappa shape index (κ1) is 27.8. The van der Waals surface area contributed by atoms with Gasteiger partial charge in [0.25, 0.3) is 5.91 Å². The molecule has 2 unspecified atom stereocenters. The highest BCUT2D eigenvalue weighted by atomic mass is 16.5. The number of carbonyl (C=O) groups is 3. The number of carbonyl (C=O) groups excluding carboxylic acids is 3. The smallest absolute Gasteiger partial charge is 0.407 e. The molecule has 1 aromatic rings. The molecule has 11 nitrogen and oxygen atoms in total. The van der Waals surface area contributed by atoms with Gasteiger partial charge >= 0.3 is 12.2 Å². The fourth-order valence-electron chi connectivity index (χ4n) is 6.67. The number of hydrogen-bond donors (Lipinski definition) is 3. The lowest BCUT2D eigenvalue weighted by Crippen LogP contribution is -2.60. The number of nitrogens with zero attached hydrogens (tertiary/aromatic N) is 2. The van der Waals surface area contributed by atoms with Gasteiger partial charge in [0.15, 0.2) is 0 Å². The van der Waals surface area contributed by atoms with Gasteiger partial charge in [-0.15, -0.1) is 0 Å². The minimum Gasteiger partial charge on any atom is -0.477 e. The Labute approximate surface area is 223 Å². The van der Waals surface area contributed by atoms with Crippen molar-refractivity contribution in [3.8, 4) is 5.88 Å². The number of nitrogens with two attached hydrogens (primary N) is 1. The number of rotatable bonds is 10. The van der Waals surface area contributed by atoms with E-state index in [-0.39, 0.29) is 23.3 Å². The maximum absolute atomic E-state index is 13.6. The number of methoxy groups -OCH3 is 1. The average Bonchev–Trinajstić information content (AvgIpc) is 3.24. The monoisotopic (exact) mass is 531 g/mol. The van der Waals surface area contributed by atoms with Gasteiger partial charge in [-0.05, 0) is 75.7 Å². The van der Waals surface area contributed by atoms with Gasteiger partial charge in [-0.1, -0.05) is 13.8 Å². The van der Waals surface area contributed by atoms with Crippen molar-refractivity contribution in [3.05, 3.63) is 17.8 Å². The second-order valence-corrected chi connectivity index (χ2v) is 12.2. The van der Waals surface area contributed by atoms with E-state index in [1.807, 2.05) is 27.7 Å². The number of aromatic nitrogens is 2. The highest BCUT2D eigenvalue weighted by Gasteiger charge is 2.56. The van der Waals surface area contributed by atoms with Gasteiger partial charge in [0.1, 0.15) is 5.56 Å². The van der Waals surface area contributed by atoms with Crippen LogP contribution in [-0.2, 0) is 9.47 Å². The molecular formula is C27H41N5O6. The highest BCUT2D eigenvalue weighted by Crippen LogP contribution is 2.60. The predicted octanol–water partition coefficient (Wildman–Crippen LogP) is 3.54. The second-order valence-electron chi connectivity index (χ2n) is 12.2. The van der Waals surface area contributed by atoms with Crippen molar-refractivity contribution in [2.45, 2.75) is 71.4 Å². The standard InChI is InChI=1S/C27H41N5O6/c1-16(2)14-37-23-20(13-29-32(23)7-6-26(3,4)31-25(35)36-5)22(33)30-21-18-8-17-9-19(21)12-27(10-17,11-18)15-38-24(28)34/h6-7,13,16-19,21H,8-12,14-15H2,1-5H3,(H2,28,34)(H,30,33)(H,31,35). The molecule has 4 aliphatic rings. The van der Waals surface area contributed by atoms with Crippen LogP contribution in [0, 0.1) is 29.1 Å². The molecule has 0 radical (unpaired) electrons. The first-order valence-electron chi connectivity index (χ1n) is 13.4. The van der Waals surface area contributed by atoms with Crippen molar-refractivity contribution in [2.24, 2.45) is 34.8 Å². The van der Waals surface area contributed by atoms with E-state index in [2.05, 4.69) is 15.7 Å². The minimum absolute atomic E-state index is 0.0288. The summed E-state index contributed by atoms with van der Waals surface area (Å²) < 4.78 is 17.5. The number of ether oxygens (including phenoxy) is 3. The zero-order valence-electron chi connectivity index (χ0n) is 23.0. The van der Waals surface area contributed by atoms with E-state index < -0.39 is 17.7 Å². The first-order valence-corrected chi connectivity index (χ1v) is 13.4. The van der Waals surface area contributed by atoms with E-state index in [1.165, 1.54) is 18.0 Å². The second kappa shape index (κ2) is 10.9. The lowest BCUT2D eigenvalue weighted by molar-refractivity contribution is -0.0977. The van der Waals surface area contributed by atoms with Crippen LogP contribution in [0.15, 0.2) is 12.3 Å². The molecule has 4 N–H and O–H groups in total. The van der Waals surface area contributed by atoms with Gasteiger partial charge in [-0.2, -0.15) is 5.10 Å². The van der Waals surface area contributed by atoms with Crippen molar-refractivity contribution < 1.29 is 28.6 Å². The third-order valence-corrected chi connectivity index (χ3v) is 8.01. The van der Waals surface area contributed by atoms with Crippen LogP contribution in [0.3, 0.4) is 0 Å². The molecule has 38 heavy (non-hydrogen) atoms. The van der Waals surface area contributed by atoms with Crippen LogP contribution in [0.4, 0.5) is 9.59 Å². The molecule has 0 spiro atoms. The summed E-state index contributed by atoms with van der Waals surface area (Å²) in [6.45, 7) is 8.49. The van der Waals surface area contributed by atoms with Crippen molar-refractivity contribution in [2.75, 3.05) is 20.3 Å². The number of alkyl carbamates (subject to hydrolysis) is 1. The number of nitrogens with one attached hydrogen (secondary N) is 2. The molecular weight excluding hydrogens is 490 g/mol. The van der Waals surface area contributed by atoms with Crippen LogP contribution in [0.5, 0.6) is 5.88 Å². The quantitative estimate of drug-likeness (QED) is 0.418. The van der Waals surface area contributed by atoms with Gasteiger partial charge in [0, 0.05) is 17.7 Å². The molecule has 11 heteroatoms. The summed E-state index contributed by atoms with van der Waals surface area (Å²) in [5, 5.41) is 10.4. The largest absolute Gasteiger partial charge is 0.477 e. The molecule has 5 rings (SSSR count). The van der Waals surface area contributed by atoms with Crippen molar-refractivity contribution >= 4 is 24.3 Å². The summed E-state index contributed by atoms with van der Waals surface area (Å²) in [6, 6.07) is 0.0563. The lowest BCUT2D eigenvalue weighted by atomic mass is 9.48. The van der Waals surface area contributed by atoms with E-state index in [4.69, 9.17) is 19.9 Å². The average molecular weight is 532 g/mol. The SMILES string of the molecule is COC(=O)NC(C)(C)C=Cn1ncc(C(=O)NC2C3CC4CC2CC(COC(N)=O)(C4)C3)c1OCC(C)C. The zero-order valence-corrected chi connectivity index (χ0v) is 23.0. The van der Waals surface area contributed by atoms with Crippen molar-refractivity contribution in [3.63, 3.8) is 0 Å². The van der Waals surface area contributed by atoms with Crippen LogP contribution in [0.1, 0.15) is 70.2 Å². The van der Waals surface area contributed by atoms with Gasteiger partial charge in [-0.3, -0.25) is 4.79 Å². The van der Waals surface area contributed by atoms with Gasteiger partial charge in [0.2, 0.25) is 5.88 Å². The molecule has 1 heterocycles. The van der Waals surface area contributed by atoms with E-state index in [9.17, 15) is 14.4 Å². The molecule has 4 fully saturated rings. The third-order valence-electron chi connectivity index (χ3n) is 8.01. The molecule has 4 bridgehead atoms. The topological polar surface area (TPSA) is 147 Å². The van der Waals surface area contributed by atoms with Gasteiger partial charge < -0.3 is 30.6 Å². The predicted molar refractivity (Wildman–Crippen MR) is 140 cm³/mol. The molecule has 2 atom stereocenters. The number of primary amides is 1. The van der Waals surface area contributed by atoms with Crippen molar-refractivity contribution in [1.29, 1.82) is 0 Å². The summed E-state index contributed by atoms with van der Waals surface area (Å²) in [5.74, 6) is 1.66. The Kier molecular flexibility index (Phi) is 7.94. The Bertz CT molecular complexity index is 1060. The van der Waals surface area contributed by atoms with Crippen LogP contribution in [0.25, 0.3) is 6.20 Å². The number of amides is 3. The van der Waals surface area contributed by atoms with Crippen molar-refractivity contribution in [1.82, 2.24) is 20.4 Å². The fourth-order valence-corrected chi connectivity index (χ4v) is 6.67. The molecule has 0 saturated heterocycles. The molecule has 1 aromatic heterocycles. The highest BCUT2D eigenvalue weighted by molar-refractivity contribution is 5.96. The van der Waals surface area contributed by atoms with Crippen LogP contribution >= 0.6 is 0 Å². The Morgan fingerprint density at radius 1 is 1.24 bits per heavy atom. The molecule has 210 valence electrons. The van der Waals surface area contributed by atoms with Gasteiger partial charge in [-0.25, -0.2) is 14.3 Å². The summed E-state index contributed by atoms with van der Waals surface area (Å²) in [4.78, 5) is 36.5. The maximum Gasteiger partial charge on any atom is 0.407 e. The van der Waals surface area contributed by atoms with Crippen LogP contribution in [0.2, 0.25) is 0 Å². The molecule has 3 amide bonds. The Morgan fingerprint density at radius 3 is 2.53 bits per heavy atom. The summed E-state index contributed by atoms with van der Waals surface area (Å²) >= 11 is 0. The minimum atomic E-state index is -0.727. The van der Waals surface area contributed by atoms with E-state index >= 15 is 0 Å². The van der Waals surface area contributed by atoms with Gasteiger partial charge in [0.05, 0.1) is 32.1 Å². The zero-order chi connectivity index (χ0) is 27.7. The van der Waals surface area contributed by atoms with Crippen LogP contribution < -0.4 is 21.1 Å². The fraction of sp³-hybridized carbons (Fsp3) is 0.704. The molecule has 4 saturated carbocycles. The lowest BCUT2D eigenvalue weighted by Gasteiger charge is -2.59. The van der Waals surface area contributed by atoms with E-state index in [0.29, 0.717) is 42.4 Å². The molecule has 0 aliphatic heterocycles. The number of hydrogen-bond acceptors (Lipinski definition) is 7. The Morgan fingerprint density at radius 2 is 1.92 bits per heavy atom. The molecule has 0 aromatic carbocycles. The summed E-state index contributed by atoms with van der Waals surface area (Å²) in [7, 11) is 1.31. The Hall–Kier alpha value is -3.24. The summed E-state index contributed by atoms with van der Waals surface area (Å²) in [5.41, 5.74) is 4.87. The molecule has 4 aliphatic carbocycles. The maximum atomic E-state index is 13.6. The van der Waals surface area contributed by atoms with Crippen LogP contribution in [-0.4, -0.2) is 59.8 Å². The summed E-state index contributed by atoms with van der Waals surface area (Å²) in [6.07, 6.45) is 8.71. The Balaban J connectivity index is 1.50. The van der Waals surface area contributed by atoms with E-state index in [1.54, 1.807) is 12.3 Å². The normalized spacial score (nSPS) is 27.9. The first-order chi connectivity index (χ1) is 17.9. The third kappa shape index (κ3) is 6.24. The van der Waals surface area contributed by atoms with E-state index in [0.717, 1.165) is 32.1 Å².